The third-order valence-electron chi connectivity index (χ3n) is 3.51. The lowest BCUT2D eigenvalue weighted by Gasteiger charge is -2.38. The molecule has 1 saturated heterocycles. The summed E-state index contributed by atoms with van der Waals surface area (Å²) in [6.07, 6.45) is 2.71. The van der Waals surface area contributed by atoms with Crippen molar-refractivity contribution < 1.29 is 0 Å². The summed E-state index contributed by atoms with van der Waals surface area (Å²) in [6, 6.07) is 4.07. The lowest BCUT2D eigenvalue weighted by molar-refractivity contribution is 0.118. The predicted octanol–water partition coefficient (Wildman–Crippen LogP) is 3.61. The molecular weight excluding hydrogens is 264 g/mol. The maximum absolute atomic E-state index is 5.91. The van der Waals surface area contributed by atoms with Crippen LogP contribution in [-0.2, 0) is 6.54 Å². The maximum Gasteiger partial charge on any atom is 0.0931 e. The molecule has 2 nitrogen and oxygen atoms in total. The standard InChI is InChI=1S/C14H23ClN2S/c1-14(2)6-3-8-17(11-14)9-7-16-10-12-4-5-13(15)18-12/h4-5,16H,3,6-11H2,1-2H3. The summed E-state index contributed by atoms with van der Waals surface area (Å²) in [6.45, 7) is 10.4. The zero-order valence-electron chi connectivity index (χ0n) is 11.3. The third-order valence-corrected chi connectivity index (χ3v) is 4.74. The Morgan fingerprint density at radius 3 is 2.94 bits per heavy atom. The van der Waals surface area contributed by atoms with Crippen molar-refractivity contribution in [3.8, 4) is 0 Å². The zero-order valence-corrected chi connectivity index (χ0v) is 12.9. The summed E-state index contributed by atoms with van der Waals surface area (Å²) in [5, 5.41) is 3.50. The van der Waals surface area contributed by atoms with Crippen LogP contribution in [0.25, 0.3) is 0 Å². The molecule has 2 rings (SSSR count). The number of halogens is 1. The quantitative estimate of drug-likeness (QED) is 0.832. The van der Waals surface area contributed by atoms with Gasteiger partial charge in [-0.2, -0.15) is 0 Å². The van der Waals surface area contributed by atoms with Crippen LogP contribution in [0, 0.1) is 5.41 Å². The molecule has 0 atom stereocenters. The van der Waals surface area contributed by atoms with Gasteiger partial charge in [0.1, 0.15) is 0 Å². The topological polar surface area (TPSA) is 15.3 Å². The first-order valence-electron chi connectivity index (χ1n) is 6.72. The molecule has 0 aliphatic carbocycles. The number of hydrogen-bond donors (Lipinski definition) is 1. The average molecular weight is 287 g/mol. The smallest absolute Gasteiger partial charge is 0.0931 e. The molecule has 0 unspecified atom stereocenters. The molecular formula is C14H23ClN2S. The summed E-state index contributed by atoms with van der Waals surface area (Å²) < 4.78 is 0.879. The monoisotopic (exact) mass is 286 g/mol. The van der Waals surface area contributed by atoms with Crippen molar-refractivity contribution in [3.05, 3.63) is 21.3 Å². The summed E-state index contributed by atoms with van der Waals surface area (Å²) in [5.74, 6) is 0. The number of thiophene rings is 1. The van der Waals surface area contributed by atoms with Crippen LogP contribution in [0.3, 0.4) is 0 Å². The van der Waals surface area contributed by atoms with Gasteiger partial charge in [0.2, 0.25) is 0 Å². The van der Waals surface area contributed by atoms with E-state index < -0.39 is 0 Å². The van der Waals surface area contributed by atoms with Crippen LogP contribution in [0.15, 0.2) is 12.1 Å². The fourth-order valence-corrected chi connectivity index (χ4v) is 3.69. The molecule has 1 aliphatic heterocycles. The van der Waals surface area contributed by atoms with Crippen molar-refractivity contribution in [1.29, 1.82) is 0 Å². The Hall–Kier alpha value is -0.0900. The Morgan fingerprint density at radius 2 is 2.28 bits per heavy atom. The molecule has 4 heteroatoms. The highest BCUT2D eigenvalue weighted by Gasteiger charge is 2.25. The van der Waals surface area contributed by atoms with Crippen LogP contribution < -0.4 is 5.32 Å². The second-order valence-electron chi connectivity index (χ2n) is 5.93. The highest BCUT2D eigenvalue weighted by molar-refractivity contribution is 7.16. The van der Waals surface area contributed by atoms with Gasteiger partial charge in [0.25, 0.3) is 0 Å². The number of hydrogen-bond acceptors (Lipinski definition) is 3. The molecule has 0 radical (unpaired) electrons. The van der Waals surface area contributed by atoms with E-state index in [0.29, 0.717) is 5.41 Å². The van der Waals surface area contributed by atoms with Gasteiger partial charge in [0, 0.05) is 31.1 Å². The van der Waals surface area contributed by atoms with E-state index in [4.69, 9.17) is 11.6 Å². The van der Waals surface area contributed by atoms with Gasteiger partial charge in [-0.3, -0.25) is 0 Å². The molecule has 102 valence electrons. The lowest BCUT2D eigenvalue weighted by Crippen LogP contribution is -2.42. The number of nitrogens with one attached hydrogen (secondary N) is 1. The van der Waals surface area contributed by atoms with Crippen LogP contribution in [0.1, 0.15) is 31.6 Å². The minimum Gasteiger partial charge on any atom is -0.311 e. The van der Waals surface area contributed by atoms with E-state index in [-0.39, 0.29) is 0 Å². The highest BCUT2D eigenvalue weighted by Crippen LogP contribution is 2.27. The summed E-state index contributed by atoms with van der Waals surface area (Å²) >= 11 is 7.57. The summed E-state index contributed by atoms with van der Waals surface area (Å²) in [7, 11) is 0. The Balaban J connectivity index is 1.63. The minimum absolute atomic E-state index is 0.500. The second-order valence-corrected chi connectivity index (χ2v) is 7.73. The molecule has 1 aliphatic rings. The van der Waals surface area contributed by atoms with Gasteiger partial charge in [-0.15, -0.1) is 11.3 Å². The van der Waals surface area contributed by atoms with Gasteiger partial charge in [-0.05, 0) is 36.9 Å². The normalized spacial score (nSPS) is 20.2. The van der Waals surface area contributed by atoms with E-state index in [1.165, 1.54) is 30.8 Å². The molecule has 0 amide bonds. The Labute approximate surface area is 119 Å². The maximum atomic E-state index is 5.91. The molecule has 18 heavy (non-hydrogen) atoms. The van der Waals surface area contributed by atoms with Crippen LogP contribution >= 0.6 is 22.9 Å². The fourth-order valence-electron chi connectivity index (χ4n) is 2.63. The minimum atomic E-state index is 0.500. The van der Waals surface area contributed by atoms with E-state index in [0.717, 1.165) is 24.0 Å². The van der Waals surface area contributed by atoms with Crippen molar-refractivity contribution in [3.63, 3.8) is 0 Å². The first kappa shape index (κ1) is 14.3. The van der Waals surface area contributed by atoms with E-state index >= 15 is 0 Å². The SMILES string of the molecule is CC1(C)CCCN(CCNCc2ccc(Cl)s2)C1. The summed E-state index contributed by atoms with van der Waals surface area (Å²) in [4.78, 5) is 3.90. The predicted molar refractivity (Wildman–Crippen MR) is 80.5 cm³/mol. The lowest BCUT2D eigenvalue weighted by atomic mass is 9.84. The Bertz CT molecular complexity index is 376. The Morgan fingerprint density at radius 1 is 1.44 bits per heavy atom. The molecule has 1 aromatic rings. The molecule has 0 saturated carbocycles. The van der Waals surface area contributed by atoms with Gasteiger partial charge >= 0.3 is 0 Å². The number of nitrogens with zero attached hydrogens (tertiary/aromatic N) is 1. The van der Waals surface area contributed by atoms with E-state index in [1.54, 1.807) is 11.3 Å². The van der Waals surface area contributed by atoms with E-state index in [1.807, 2.05) is 6.07 Å². The molecule has 2 heterocycles. The molecule has 1 fully saturated rings. The largest absolute Gasteiger partial charge is 0.311 e. The third kappa shape index (κ3) is 4.54. The van der Waals surface area contributed by atoms with Crippen molar-refractivity contribution in [2.24, 2.45) is 5.41 Å². The van der Waals surface area contributed by atoms with Crippen molar-refractivity contribution in [1.82, 2.24) is 10.2 Å². The summed E-state index contributed by atoms with van der Waals surface area (Å²) in [5.41, 5.74) is 0.500. The first-order chi connectivity index (χ1) is 8.55. The van der Waals surface area contributed by atoms with Gasteiger partial charge in [0.15, 0.2) is 0 Å². The van der Waals surface area contributed by atoms with E-state index in [2.05, 4.69) is 30.1 Å². The van der Waals surface area contributed by atoms with Gasteiger partial charge < -0.3 is 10.2 Å². The van der Waals surface area contributed by atoms with Crippen LogP contribution in [0.2, 0.25) is 4.34 Å². The molecule has 0 spiro atoms. The van der Waals surface area contributed by atoms with Gasteiger partial charge in [-0.1, -0.05) is 25.4 Å². The molecule has 0 aromatic carbocycles. The number of rotatable bonds is 5. The van der Waals surface area contributed by atoms with Gasteiger partial charge in [-0.25, -0.2) is 0 Å². The van der Waals surface area contributed by atoms with E-state index in [9.17, 15) is 0 Å². The van der Waals surface area contributed by atoms with Crippen molar-refractivity contribution in [2.75, 3.05) is 26.2 Å². The average Bonchev–Trinajstić information content (AvgIpc) is 2.69. The molecule has 1 N–H and O–H groups in total. The highest BCUT2D eigenvalue weighted by atomic mass is 35.5. The fraction of sp³-hybridized carbons (Fsp3) is 0.714. The number of likely N-dealkylation sites (tertiary alicyclic amines) is 1. The van der Waals surface area contributed by atoms with Crippen LogP contribution in [-0.4, -0.2) is 31.1 Å². The first-order valence-corrected chi connectivity index (χ1v) is 7.92. The second kappa shape index (κ2) is 6.38. The molecule has 0 bridgehead atoms. The zero-order chi connectivity index (χ0) is 13.0. The van der Waals surface area contributed by atoms with Crippen molar-refractivity contribution in [2.45, 2.75) is 33.2 Å². The van der Waals surface area contributed by atoms with Crippen LogP contribution in [0.5, 0.6) is 0 Å². The Kier molecular flexibility index (Phi) is 5.07. The molecule has 1 aromatic heterocycles. The van der Waals surface area contributed by atoms with Gasteiger partial charge in [0.05, 0.1) is 4.34 Å². The number of piperidine rings is 1. The van der Waals surface area contributed by atoms with Crippen LogP contribution in [0.4, 0.5) is 0 Å². The van der Waals surface area contributed by atoms with Crippen molar-refractivity contribution >= 4 is 22.9 Å².